The van der Waals surface area contributed by atoms with Gasteiger partial charge in [0.25, 0.3) is 0 Å². The first-order chi connectivity index (χ1) is 13.8. The highest BCUT2D eigenvalue weighted by molar-refractivity contribution is 14.0. The number of nitrogens with zero attached hydrogens (tertiary/aromatic N) is 4. The van der Waals surface area contributed by atoms with E-state index in [1.165, 1.54) is 11.1 Å². The summed E-state index contributed by atoms with van der Waals surface area (Å²) < 4.78 is 12.7. The Morgan fingerprint density at radius 2 is 2.07 bits per heavy atom. The summed E-state index contributed by atoms with van der Waals surface area (Å²) in [7, 11) is 3.55. The fourth-order valence-electron chi connectivity index (χ4n) is 3.51. The second kappa shape index (κ2) is 12.8. The second-order valence-corrected chi connectivity index (χ2v) is 7.04. The van der Waals surface area contributed by atoms with Gasteiger partial charge < -0.3 is 19.7 Å². The van der Waals surface area contributed by atoms with Crippen LogP contribution in [0.3, 0.4) is 0 Å². The van der Waals surface area contributed by atoms with E-state index in [-0.39, 0.29) is 24.0 Å². The van der Waals surface area contributed by atoms with Crippen molar-refractivity contribution in [2.75, 3.05) is 47.1 Å². The number of hydrogen-bond donors (Lipinski definition) is 1. The summed E-state index contributed by atoms with van der Waals surface area (Å²) in [5, 5.41) is 7.85. The van der Waals surface area contributed by atoms with Gasteiger partial charge in [0.1, 0.15) is 0 Å². The van der Waals surface area contributed by atoms with E-state index < -0.39 is 0 Å². The SMILES string of the molecule is CN=C(NCc1ccccc1Cn1cccn1)N1CCC(COCCOC)C1.I. The predicted octanol–water partition coefficient (Wildman–Crippen LogP) is 2.61. The fourth-order valence-corrected chi connectivity index (χ4v) is 3.51. The Labute approximate surface area is 190 Å². The Morgan fingerprint density at radius 3 is 2.79 bits per heavy atom. The van der Waals surface area contributed by atoms with Crippen LogP contribution in [0, 0.1) is 5.92 Å². The minimum Gasteiger partial charge on any atom is -0.382 e. The summed E-state index contributed by atoms with van der Waals surface area (Å²) in [4.78, 5) is 6.81. The molecule has 0 amide bonds. The van der Waals surface area contributed by atoms with E-state index in [1.54, 1.807) is 7.11 Å². The maximum atomic E-state index is 5.69. The molecule has 0 radical (unpaired) electrons. The van der Waals surface area contributed by atoms with Gasteiger partial charge in [-0.2, -0.15) is 5.10 Å². The number of aromatic nitrogens is 2. The summed E-state index contributed by atoms with van der Waals surface area (Å²) >= 11 is 0. The molecule has 1 N–H and O–H groups in total. The molecule has 1 aromatic carbocycles. The largest absolute Gasteiger partial charge is 0.382 e. The van der Waals surface area contributed by atoms with Crippen molar-refractivity contribution in [2.45, 2.75) is 19.5 Å². The number of rotatable bonds is 9. The molecule has 1 unspecified atom stereocenters. The van der Waals surface area contributed by atoms with Crippen LogP contribution < -0.4 is 5.32 Å². The summed E-state index contributed by atoms with van der Waals surface area (Å²) in [5.41, 5.74) is 2.53. The maximum absolute atomic E-state index is 5.69. The number of methoxy groups -OCH3 is 1. The zero-order chi connectivity index (χ0) is 19.6. The van der Waals surface area contributed by atoms with Crippen LogP contribution in [-0.4, -0.2) is 67.7 Å². The lowest BCUT2D eigenvalue weighted by molar-refractivity contribution is 0.0536. The van der Waals surface area contributed by atoms with E-state index in [2.05, 4.69) is 44.6 Å². The third-order valence-corrected chi connectivity index (χ3v) is 5.03. The number of benzene rings is 1. The molecule has 1 aromatic heterocycles. The number of likely N-dealkylation sites (tertiary alicyclic amines) is 1. The lowest BCUT2D eigenvalue weighted by Crippen LogP contribution is -2.40. The average Bonchev–Trinajstić information content (AvgIpc) is 3.39. The van der Waals surface area contributed by atoms with Crippen molar-refractivity contribution in [3.05, 3.63) is 53.9 Å². The number of halogens is 1. The van der Waals surface area contributed by atoms with Gasteiger partial charge in [-0.1, -0.05) is 24.3 Å². The van der Waals surface area contributed by atoms with Gasteiger partial charge in [0.15, 0.2) is 5.96 Å². The van der Waals surface area contributed by atoms with Gasteiger partial charge in [-0.3, -0.25) is 9.67 Å². The molecule has 0 aliphatic carbocycles. The number of aliphatic imine (C=N–C) groups is 1. The van der Waals surface area contributed by atoms with E-state index in [0.29, 0.717) is 19.1 Å². The summed E-state index contributed by atoms with van der Waals surface area (Å²) in [5.74, 6) is 1.50. The molecule has 2 aromatic rings. The number of hydrogen-bond acceptors (Lipinski definition) is 4. The van der Waals surface area contributed by atoms with Crippen LogP contribution in [0.5, 0.6) is 0 Å². The highest BCUT2D eigenvalue weighted by atomic mass is 127. The van der Waals surface area contributed by atoms with E-state index in [4.69, 9.17) is 9.47 Å². The molecular weight excluding hydrogens is 481 g/mol. The maximum Gasteiger partial charge on any atom is 0.193 e. The van der Waals surface area contributed by atoms with Crippen LogP contribution in [-0.2, 0) is 22.6 Å². The summed E-state index contributed by atoms with van der Waals surface area (Å²) in [6.07, 6.45) is 4.93. The molecule has 2 heterocycles. The van der Waals surface area contributed by atoms with Gasteiger partial charge in [-0.05, 0) is 23.6 Å². The van der Waals surface area contributed by atoms with Gasteiger partial charge in [-0.25, -0.2) is 0 Å². The van der Waals surface area contributed by atoms with Gasteiger partial charge in [0.05, 0.1) is 26.4 Å². The van der Waals surface area contributed by atoms with Crippen LogP contribution in [0.25, 0.3) is 0 Å². The normalized spacial score (nSPS) is 16.7. The second-order valence-electron chi connectivity index (χ2n) is 7.04. The minimum atomic E-state index is 0. The Hall–Kier alpha value is -1.65. The topological polar surface area (TPSA) is 63.9 Å². The molecule has 1 atom stereocenters. The van der Waals surface area contributed by atoms with Crippen LogP contribution in [0.4, 0.5) is 0 Å². The third-order valence-electron chi connectivity index (χ3n) is 5.03. The zero-order valence-corrected chi connectivity index (χ0v) is 19.6. The van der Waals surface area contributed by atoms with E-state index in [9.17, 15) is 0 Å². The lowest BCUT2D eigenvalue weighted by atomic mass is 10.1. The molecule has 29 heavy (non-hydrogen) atoms. The van der Waals surface area contributed by atoms with Gasteiger partial charge >= 0.3 is 0 Å². The van der Waals surface area contributed by atoms with Crippen LogP contribution in [0.1, 0.15) is 17.5 Å². The van der Waals surface area contributed by atoms with Gasteiger partial charge in [0, 0.05) is 52.1 Å². The van der Waals surface area contributed by atoms with Crippen molar-refractivity contribution in [1.82, 2.24) is 20.0 Å². The molecule has 3 rings (SSSR count). The van der Waals surface area contributed by atoms with Crippen LogP contribution in [0.2, 0.25) is 0 Å². The van der Waals surface area contributed by atoms with Crippen molar-refractivity contribution < 1.29 is 9.47 Å². The molecule has 7 nitrogen and oxygen atoms in total. The molecular formula is C21H32IN5O2. The summed E-state index contributed by atoms with van der Waals surface area (Å²) in [6, 6.07) is 10.4. The zero-order valence-electron chi connectivity index (χ0n) is 17.3. The van der Waals surface area contributed by atoms with Crippen molar-refractivity contribution in [1.29, 1.82) is 0 Å². The molecule has 0 spiro atoms. The standard InChI is InChI=1S/C21H31N5O2.HI/c1-22-21(25-11-8-18(15-25)17-28-13-12-27-2)23-14-19-6-3-4-7-20(19)16-26-10-5-9-24-26;/h3-7,9-10,18H,8,11-17H2,1-2H3,(H,22,23);1H. The third kappa shape index (κ3) is 7.27. The van der Waals surface area contributed by atoms with Crippen molar-refractivity contribution in [3.8, 4) is 0 Å². The van der Waals surface area contributed by atoms with E-state index in [1.807, 2.05) is 30.2 Å². The monoisotopic (exact) mass is 513 g/mol. The van der Waals surface area contributed by atoms with Crippen LogP contribution >= 0.6 is 24.0 Å². The Kier molecular flexibility index (Phi) is 10.4. The molecule has 0 bridgehead atoms. The molecule has 1 aliphatic rings. The number of guanidine groups is 1. The Morgan fingerprint density at radius 1 is 1.24 bits per heavy atom. The van der Waals surface area contributed by atoms with Crippen molar-refractivity contribution >= 4 is 29.9 Å². The Bertz CT molecular complexity index is 738. The highest BCUT2D eigenvalue weighted by Crippen LogP contribution is 2.17. The smallest absolute Gasteiger partial charge is 0.193 e. The predicted molar refractivity (Wildman–Crippen MR) is 126 cm³/mol. The molecule has 8 heteroatoms. The molecule has 1 saturated heterocycles. The number of nitrogens with one attached hydrogen (secondary N) is 1. The van der Waals surface area contributed by atoms with E-state index >= 15 is 0 Å². The van der Waals surface area contributed by atoms with Gasteiger partial charge in [0.2, 0.25) is 0 Å². The molecule has 1 fully saturated rings. The fraction of sp³-hybridized carbons (Fsp3) is 0.524. The van der Waals surface area contributed by atoms with Gasteiger partial charge in [-0.15, -0.1) is 24.0 Å². The van der Waals surface area contributed by atoms with Crippen LogP contribution in [0.15, 0.2) is 47.7 Å². The first-order valence-corrected chi connectivity index (χ1v) is 9.86. The quantitative estimate of drug-likeness (QED) is 0.242. The molecule has 160 valence electrons. The Balaban J connectivity index is 0.00000300. The minimum absolute atomic E-state index is 0. The van der Waals surface area contributed by atoms with Crippen molar-refractivity contribution in [3.63, 3.8) is 0 Å². The number of ether oxygens (including phenoxy) is 2. The highest BCUT2D eigenvalue weighted by Gasteiger charge is 2.25. The first-order valence-electron chi connectivity index (χ1n) is 9.86. The van der Waals surface area contributed by atoms with E-state index in [0.717, 1.165) is 45.2 Å². The summed E-state index contributed by atoms with van der Waals surface area (Å²) in [6.45, 7) is 5.59. The molecule has 0 saturated carbocycles. The van der Waals surface area contributed by atoms with Crippen molar-refractivity contribution in [2.24, 2.45) is 10.9 Å². The average molecular weight is 513 g/mol. The lowest BCUT2D eigenvalue weighted by Gasteiger charge is -2.22. The first kappa shape index (κ1) is 23.6. The molecule has 1 aliphatic heterocycles.